The highest BCUT2D eigenvalue weighted by atomic mass is 15.1. The van der Waals surface area contributed by atoms with Crippen molar-refractivity contribution in [2.75, 3.05) is 13.1 Å². The van der Waals surface area contributed by atoms with Crippen LogP contribution >= 0.6 is 0 Å². The van der Waals surface area contributed by atoms with Crippen molar-refractivity contribution in [3.05, 3.63) is 12.2 Å². The average molecular weight is 207 g/mol. The Labute approximate surface area is 94.5 Å². The molecule has 2 aliphatic carbocycles. The second-order valence-corrected chi connectivity index (χ2v) is 5.14. The lowest BCUT2D eigenvalue weighted by molar-refractivity contribution is 0.134. The van der Waals surface area contributed by atoms with Gasteiger partial charge in [-0.3, -0.25) is 0 Å². The monoisotopic (exact) mass is 207 g/mol. The van der Waals surface area contributed by atoms with E-state index in [2.05, 4.69) is 37.8 Å². The summed E-state index contributed by atoms with van der Waals surface area (Å²) in [6.45, 7) is 9.39. The van der Waals surface area contributed by atoms with Gasteiger partial charge in [0.15, 0.2) is 0 Å². The first-order chi connectivity index (χ1) is 7.30. The van der Waals surface area contributed by atoms with E-state index < -0.39 is 0 Å². The lowest BCUT2D eigenvalue weighted by atomic mass is 9.84. The lowest BCUT2D eigenvalue weighted by Crippen LogP contribution is -2.41. The standard InChI is InChI=1S/C14H25N/c1-4-14(15(5-2)6-3)13-10-11-7-8-12(13)9-11/h7-8,11-14H,4-6,9-10H2,1-3H3. The molecule has 0 aromatic carbocycles. The van der Waals surface area contributed by atoms with Crippen molar-refractivity contribution in [1.29, 1.82) is 0 Å². The highest BCUT2D eigenvalue weighted by Crippen LogP contribution is 2.46. The van der Waals surface area contributed by atoms with Crippen molar-refractivity contribution in [2.24, 2.45) is 17.8 Å². The van der Waals surface area contributed by atoms with Gasteiger partial charge in [0, 0.05) is 6.04 Å². The summed E-state index contributed by atoms with van der Waals surface area (Å²) in [6.07, 6.45) is 9.17. The van der Waals surface area contributed by atoms with E-state index in [1.165, 1.54) is 32.4 Å². The molecule has 15 heavy (non-hydrogen) atoms. The minimum absolute atomic E-state index is 0.833. The van der Waals surface area contributed by atoms with E-state index in [0.29, 0.717) is 0 Å². The first-order valence-electron chi connectivity index (χ1n) is 6.72. The molecule has 0 aliphatic heterocycles. The number of hydrogen-bond donors (Lipinski definition) is 0. The van der Waals surface area contributed by atoms with E-state index in [0.717, 1.165) is 23.8 Å². The van der Waals surface area contributed by atoms with Gasteiger partial charge in [-0.15, -0.1) is 0 Å². The molecule has 0 saturated heterocycles. The van der Waals surface area contributed by atoms with E-state index in [9.17, 15) is 0 Å². The van der Waals surface area contributed by atoms with Crippen molar-refractivity contribution >= 4 is 0 Å². The van der Waals surface area contributed by atoms with Gasteiger partial charge in [-0.25, -0.2) is 0 Å². The molecule has 2 rings (SSSR count). The molecule has 4 unspecified atom stereocenters. The number of allylic oxidation sites excluding steroid dienone is 2. The molecule has 0 radical (unpaired) electrons. The summed E-state index contributed by atoms with van der Waals surface area (Å²) in [5, 5.41) is 0. The minimum Gasteiger partial charge on any atom is -0.301 e. The van der Waals surface area contributed by atoms with Crippen molar-refractivity contribution < 1.29 is 0 Å². The van der Waals surface area contributed by atoms with Crippen LogP contribution in [0.5, 0.6) is 0 Å². The third-order valence-corrected chi connectivity index (χ3v) is 4.52. The Bertz CT molecular complexity index is 229. The highest BCUT2D eigenvalue weighted by molar-refractivity contribution is 5.12. The molecule has 0 aromatic heterocycles. The van der Waals surface area contributed by atoms with E-state index in [1.807, 2.05) is 0 Å². The van der Waals surface area contributed by atoms with Crippen LogP contribution in [-0.2, 0) is 0 Å². The van der Waals surface area contributed by atoms with Crippen LogP contribution < -0.4 is 0 Å². The molecule has 1 nitrogen and oxygen atoms in total. The van der Waals surface area contributed by atoms with Crippen molar-refractivity contribution in [2.45, 2.75) is 46.1 Å². The first-order valence-corrected chi connectivity index (χ1v) is 6.72. The Hall–Kier alpha value is -0.300. The molecule has 0 amide bonds. The maximum atomic E-state index is 2.67. The smallest absolute Gasteiger partial charge is 0.0126 e. The highest BCUT2D eigenvalue weighted by Gasteiger charge is 2.40. The van der Waals surface area contributed by atoms with Gasteiger partial charge >= 0.3 is 0 Å². The summed E-state index contributed by atoms with van der Waals surface area (Å²) in [7, 11) is 0. The molecule has 0 aromatic rings. The maximum absolute atomic E-state index is 2.67. The predicted octanol–water partition coefficient (Wildman–Crippen LogP) is 3.32. The van der Waals surface area contributed by atoms with Crippen LogP contribution in [0.15, 0.2) is 12.2 Å². The molecule has 2 aliphatic rings. The molecule has 2 bridgehead atoms. The third-order valence-electron chi connectivity index (χ3n) is 4.52. The Morgan fingerprint density at radius 1 is 1.13 bits per heavy atom. The summed E-state index contributed by atoms with van der Waals surface area (Å²) >= 11 is 0. The molecule has 0 heterocycles. The maximum Gasteiger partial charge on any atom is 0.0126 e. The van der Waals surface area contributed by atoms with Gasteiger partial charge in [0.2, 0.25) is 0 Å². The van der Waals surface area contributed by atoms with Gasteiger partial charge in [0.1, 0.15) is 0 Å². The zero-order chi connectivity index (χ0) is 10.8. The summed E-state index contributed by atoms with van der Waals surface area (Å²) in [6, 6.07) is 0.833. The molecule has 1 saturated carbocycles. The predicted molar refractivity (Wildman–Crippen MR) is 65.8 cm³/mol. The van der Waals surface area contributed by atoms with Crippen LogP contribution in [0.4, 0.5) is 0 Å². The van der Waals surface area contributed by atoms with Crippen LogP contribution in [0, 0.1) is 17.8 Å². The number of hydrogen-bond acceptors (Lipinski definition) is 1. The van der Waals surface area contributed by atoms with Gasteiger partial charge in [-0.1, -0.05) is 32.9 Å². The fraction of sp³-hybridized carbons (Fsp3) is 0.857. The fourth-order valence-corrected chi connectivity index (χ4v) is 3.79. The van der Waals surface area contributed by atoms with E-state index in [-0.39, 0.29) is 0 Å². The van der Waals surface area contributed by atoms with Gasteiger partial charge in [0.05, 0.1) is 0 Å². The van der Waals surface area contributed by atoms with Crippen LogP contribution in [-0.4, -0.2) is 24.0 Å². The zero-order valence-corrected chi connectivity index (χ0v) is 10.4. The molecule has 4 atom stereocenters. The van der Waals surface area contributed by atoms with Crippen molar-refractivity contribution in [1.82, 2.24) is 4.90 Å². The lowest BCUT2D eigenvalue weighted by Gasteiger charge is -2.36. The van der Waals surface area contributed by atoms with E-state index >= 15 is 0 Å². The SMILES string of the molecule is CCC(C1CC2C=CC1C2)N(CC)CC. The Morgan fingerprint density at radius 2 is 1.87 bits per heavy atom. The summed E-state index contributed by atoms with van der Waals surface area (Å²) in [5.41, 5.74) is 0. The fourth-order valence-electron chi connectivity index (χ4n) is 3.79. The quantitative estimate of drug-likeness (QED) is 0.625. The molecule has 1 heteroatoms. The van der Waals surface area contributed by atoms with Crippen molar-refractivity contribution in [3.8, 4) is 0 Å². The number of fused-ring (bicyclic) bond motifs is 2. The molecule has 0 spiro atoms. The van der Waals surface area contributed by atoms with Crippen LogP contribution in [0.1, 0.15) is 40.0 Å². The average Bonchev–Trinajstić information content (AvgIpc) is 2.87. The topological polar surface area (TPSA) is 3.24 Å². The largest absolute Gasteiger partial charge is 0.301 e. The second-order valence-electron chi connectivity index (χ2n) is 5.14. The van der Waals surface area contributed by atoms with Crippen LogP contribution in [0.2, 0.25) is 0 Å². The summed E-state index contributed by atoms with van der Waals surface area (Å²) < 4.78 is 0. The van der Waals surface area contributed by atoms with Gasteiger partial charge < -0.3 is 4.90 Å². The Balaban J connectivity index is 2.03. The Kier molecular flexibility index (Phi) is 3.50. The van der Waals surface area contributed by atoms with Gasteiger partial charge in [-0.2, -0.15) is 0 Å². The second kappa shape index (κ2) is 4.69. The Morgan fingerprint density at radius 3 is 2.27 bits per heavy atom. The molecule has 1 fully saturated rings. The van der Waals surface area contributed by atoms with E-state index in [4.69, 9.17) is 0 Å². The number of rotatable bonds is 5. The molecular formula is C14H25N. The normalized spacial score (nSPS) is 35.3. The van der Waals surface area contributed by atoms with E-state index in [1.54, 1.807) is 0 Å². The zero-order valence-electron chi connectivity index (χ0n) is 10.4. The third kappa shape index (κ3) is 1.99. The molecule has 86 valence electrons. The summed E-state index contributed by atoms with van der Waals surface area (Å²) in [4.78, 5) is 2.67. The number of nitrogens with zero attached hydrogens (tertiary/aromatic N) is 1. The first kappa shape index (κ1) is 11.2. The van der Waals surface area contributed by atoms with Crippen LogP contribution in [0.25, 0.3) is 0 Å². The van der Waals surface area contributed by atoms with Gasteiger partial charge in [0.25, 0.3) is 0 Å². The molecular weight excluding hydrogens is 182 g/mol. The molecule has 0 N–H and O–H groups in total. The van der Waals surface area contributed by atoms with Gasteiger partial charge in [-0.05, 0) is 50.1 Å². The minimum atomic E-state index is 0.833. The summed E-state index contributed by atoms with van der Waals surface area (Å²) in [5.74, 6) is 2.77. The van der Waals surface area contributed by atoms with Crippen LogP contribution in [0.3, 0.4) is 0 Å². The van der Waals surface area contributed by atoms with Crippen molar-refractivity contribution in [3.63, 3.8) is 0 Å².